The third-order valence-corrected chi connectivity index (χ3v) is 6.28. The minimum atomic E-state index is -3.97. The van der Waals surface area contributed by atoms with Crippen LogP contribution in [0.3, 0.4) is 0 Å². The lowest BCUT2D eigenvalue weighted by atomic mass is 10.1. The molecule has 2 N–H and O–H groups in total. The van der Waals surface area contributed by atoms with Crippen molar-refractivity contribution in [1.29, 1.82) is 0 Å². The molecule has 0 saturated carbocycles. The van der Waals surface area contributed by atoms with E-state index >= 15 is 0 Å². The Morgan fingerprint density at radius 3 is 1.94 bits per heavy atom. The summed E-state index contributed by atoms with van der Waals surface area (Å²) in [6.07, 6.45) is 0.778. The summed E-state index contributed by atoms with van der Waals surface area (Å²) in [7, 11) is 0.533. The number of nitrogens with one attached hydrogen (secondary N) is 2. The Kier molecular flexibility index (Phi) is 7.78. The molecule has 3 aromatic rings. The number of amides is 1. The Morgan fingerprint density at radius 1 is 0.788 bits per heavy atom. The number of carbonyl (C=O) groups excluding carboxylic acids is 1. The van der Waals surface area contributed by atoms with E-state index in [0.717, 1.165) is 11.3 Å². The lowest BCUT2D eigenvalue weighted by molar-refractivity contribution is -0.116. The Hall–Kier alpha value is -3.72. The topological polar surface area (TPSA) is 103 Å². The molecule has 0 atom stereocenters. The highest BCUT2D eigenvalue weighted by atomic mass is 32.2. The summed E-state index contributed by atoms with van der Waals surface area (Å²) >= 11 is 0. The van der Waals surface area contributed by atoms with E-state index in [-0.39, 0.29) is 23.0 Å². The first-order valence-electron chi connectivity index (χ1n) is 10.1. The molecule has 0 bridgehead atoms. The minimum absolute atomic E-state index is 0.0891. The number of aryl methyl sites for hydroxylation is 1. The molecule has 0 saturated heterocycles. The Labute approximate surface area is 193 Å². The molecular formula is C24H26N2O6S. The fourth-order valence-electron chi connectivity index (χ4n) is 3.11. The van der Waals surface area contributed by atoms with Gasteiger partial charge in [0.2, 0.25) is 5.91 Å². The second-order valence-corrected chi connectivity index (χ2v) is 8.75. The molecule has 3 aromatic carbocycles. The van der Waals surface area contributed by atoms with Crippen molar-refractivity contribution in [2.24, 2.45) is 0 Å². The first-order chi connectivity index (χ1) is 15.8. The standard InChI is InChI=1S/C24H26N2O6S/c1-30-20-10-4-17(5-11-20)6-15-24(27)25-19-9-14-22(32-3)23(16-19)33(28,29)26-18-7-12-21(31-2)13-8-18/h4-5,7-14,16,26H,6,15H2,1-3H3,(H,25,27). The molecule has 0 radical (unpaired) electrons. The molecule has 0 heterocycles. The van der Waals surface area contributed by atoms with Gasteiger partial charge in [0.1, 0.15) is 22.1 Å². The smallest absolute Gasteiger partial charge is 0.265 e. The SMILES string of the molecule is COc1ccc(CCC(=O)Nc2ccc(OC)c(S(=O)(=O)Nc3ccc(OC)cc3)c2)cc1. The summed E-state index contributed by atoms with van der Waals surface area (Å²) < 4.78 is 43.9. The van der Waals surface area contributed by atoms with Crippen molar-refractivity contribution in [3.63, 3.8) is 0 Å². The van der Waals surface area contributed by atoms with Crippen LogP contribution < -0.4 is 24.2 Å². The Bertz CT molecular complexity index is 1190. The predicted octanol–water partition coefficient (Wildman–Crippen LogP) is 4.08. The Balaban J connectivity index is 1.71. The highest BCUT2D eigenvalue weighted by Crippen LogP contribution is 2.29. The van der Waals surface area contributed by atoms with E-state index in [4.69, 9.17) is 14.2 Å². The fraction of sp³-hybridized carbons (Fsp3) is 0.208. The zero-order valence-corrected chi connectivity index (χ0v) is 19.4. The van der Waals surface area contributed by atoms with Crippen molar-refractivity contribution in [1.82, 2.24) is 0 Å². The second kappa shape index (κ2) is 10.7. The maximum Gasteiger partial charge on any atom is 0.265 e. The van der Waals surface area contributed by atoms with E-state index in [0.29, 0.717) is 23.5 Å². The van der Waals surface area contributed by atoms with Crippen molar-refractivity contribution >= 4 is 27.3 Å². The summed E-state index contributed by atoms with van der Waals surface area (Å²) in [5.74, 6) is 1.28. The maximum absolute atomic E-state index is 13.0. The third kappa shape index (κ3) is 6.39. The quantitative estimate of drug-likeness (QED) is 0.463. The van der Waals surface area contributed by atoms with Crippen LogP contribution in [0, 0.1) is 0 Å². The molecule has 174 valence electrons. The van der Waals surface area contributed by atoms with Gasteiger partial charge in [-0.1, -0.05) is 12.1 Å². The van der Waals surface area contributed by atoms with Gasteiger partial charge in [0.05, 0.1) is 21.3 Å². The molecule has 1 amide bonds. The molecule has 0 aliphatic carbocycles. The number of anilines is 2. The number of methoxy groups -OCH3 is 3. The lowest BCUT2D eigenvalue weighted by Gasteiger charge is -2.14. The molecule has 0 unspecified atom stereocenters. The van der Waals surface area contributed by atoms with Gasteiger partial charge in [-0.05, 0) is 66.6 Å². The van der Waals surface area contributed by atoms with Crippen LogP contribution in [-0.2, 0) is 21.2 Å². The van der Waals surface area contributed by atoms with E-state index in [2.05, 4.69) is 10.0 Å². The number of ether oxygens (including phenoxy) is 3. The number of rotatable bonds is 10. The minimum Gasteiger partial charge on any atom is -0.497 e. The molecule has 3 rings (SSSR count). The fourth-order valence-corrected chi connectivity index (χ4v) is 4.36. The van der Waals surface area contributed by atoms with E-state index in [9.17, 15) is 13.2 Å². The molecule has 0 fully saturated rings. The second-order valence-electron chi connectivity index (χ2n) is 7.10. The van der Waals surface area contributed by atoms with E-state index in [1.165, 1.54) is 26.4 Å². The van der Waals surface area contributed by atoms with Gasteiger partial charge in [0.25, 0.3) is 10.0 Å². The first-order valence-corrected chi connectivity index (χ1v) is 11.6. The summed E-state index contributed by atoms with van der Waals surface area (Å²) in [5, 5.41) is 2.75. The molecule has 33 heavy (non-hydrogen) atoms. The van der Waals surface area contributed by atoms with Crippen LogP contribution in [0.25, 0.3) is 0 Å². The average molecular weight is 471 g/mol. The lowest BCUT2D eigenvalue weighted by Crippen LogP contribution is -2.16. The van der Waals surface area contributed by atoms with Gasteiger partial charge >= 0.3 is 0 Å². The molecule has 9 heteroatoms. The Morgan fingerprint density at radius 2 is 1.36 bits per heavy atom. The average Bonchev–Trinajstić information content (AvgIpc) is 2.83. The number of carbonyl (C=O) groups is 1. The van der Waals surface area contributed by atoms with Crippen LogP contribution in [0.15, 0.2) is 71.6 Å². The normalized spacial score (nSPS) is 10.9. The molecule has 0 spiro atoms. The monoisotopic (exact) mass is 470 g/mol. The van der Waals surface area contributed by atoms with Gasteiger partial charge in [-0.25, -0.2) is 8.42 Å². The molecular weight excluding hydrogens is 444 g/mol. The number of hydrogen-bond donors (Lipinski definition) is 2. The third-order valence-electron chi connectivity index (χ3n) is 4.88. The highest BCUT2D eigenvalue weighted by Gasteiger charge is 2.21. The van der Waals surface area contributed by atoms with Crippen molar-refractivity contribution in [2.75, 3.05) is 31.4 Å². The zero-order valence-electron chi connectivity index (χ0n) is 18.6. The van der Waals surface area contributed by atoms with Crippen molar-refractivity contribution < 1.29 is 27.4 Å². The van der Waals surface area contributed by atoms with Crippen LogP contribution in [0.2, 0.25) is 0 Å². The van der Waals surface area contributed by atoms with Crippen molar-refractivity contribution in [3.8, 4) is 17.2 Å². The van der Waals surface area contributed by atoms with Gasteiger partial charge < -0.3 is 19.5 Å². The maximum atomic E-state index is 13.0. The van der Waals surface area contributed by atoms with Crippen LogP contribution >= 0.6 is 0 Å². The van der Waals surface area contributed by atoms with Crippen LogP contribution in [0.1, 0.15) is 12.0 Å². The van der Waals surface area contributed by atoms with Crippen molar-refractivity contribution in [2.45, 2.75) is 17.7 Å². The van der Waals surface area contributed by atoms with Gasteiger partial charge in [-0.3, -0.25) is 9.52 Å². The van der Waals surface area contributed by atoms with Gasteiger partial charge in [0.15, 0.2) is 0 Å². The molecule has 0 aliphatic rings. The van der Waals surface area contributed by atoms with Crippen LogP contribution in [0.5, 0.6) is 17.2 Å². The summed E-state index contributed by atoms with van der Waals surface area (Å²) in [5.41, 5.74) is 1.71. The van der Waals surface area contributed by atoms with Crippen LogP contribution in [0.4, 0.5) is 11.4 Å². The summed E-state index contributed by atoms with van der Waals surface area (Å²) in [4.78, 5) is 12.3. The molecule has 0 aliphatic heterocycles. The van der Waals surface area contributed by atoms with E-state index in [1.807, 2.05) is 24.3 Å². The van der Waals surface area contributed by atoms with Crippen molar-refractivity contribution in [3.05, 3.63) is 72.3 Å². The van der Waals surface area contributed by atoms with E-state index in [1.54, 1.807) is 37.4 Å². The van der Waals surface area contributed by atoms with E-state index < -0.39 is 10.0 Å². The summed E-state index contributed by atoms with van der Waals surface area (Å²) in [6.45, 7) is 0. The first kappa shape index (κ1) is 23.9. The largest absolute Gasteiger partial charge is 0.497 e. The predicted molar refractivity (Wildman–Crippen MR) is 127 cm³/mol. The molecule has 8 nitrogen and oxygen atoms in total. The number of sulfonamides is 1. The van der Waals surface area contributed by atoms with Gasteiger partial charge in [0, 0.05) is 17.8 Å². The highest BCUT2D eigenvalue weighted by molar-refractivity contribution is 7.92. The van der Waals surface area contributed by atoms with Crippen LogP contribution in [-0.4, -0.2) is 35.7 Å². The van der Waals surface area contributed by atoms with Gasteiger partial charge in [-0.15, -0.1) is 0 Å². The number of hydrogen-bond acceptors (Lipinski definition) is 6. The zero-order chi connectivity index (χ0) is 23.8. The van der Waals surface area contributed by atoms with Gasteiger partial charge in [-0.2, -0.15) is 0 Å². The number of benzene rings is 3. The molecule has 0 aromatic heterocycles. The summed E-state index contributed by atoms with van der Waals surface area (Å²) in [6, 6.07) is 18.4.